The Morgan fingerprint density at radius 2 is 2.13 bits per heavy atom. The fraction of sp³-hybridized carbons (Fsp3) is 0.375. The van der Waals surface area contributed by atoms with Gasteiger partial charge in [0.05, 0.1) is 23.1 Å². The SMILES string of the molecule is CCOC(=O)N1C=Cc2c(cccc2[N+](=O)[O-])C1C(C)C(C)=O. The number of hydrogen-bond donors (Lipinski definition) is 0. The zero-order valence-corrected chi connectivity index (χ0v) is 13.2. The molecular formula is C16H18N2O5. The zero-order valence-electron chi connectivity index (χ0n) is 13.2. The summed E-state index contributed by atoms with van der Waals surface area (Å²) >= 11 is 0. The predicted octanol–water partition coefficient (Wildman–Crippen LogP) is 3.30. The van der Waals surface area contributed by atoms with Crippen LogP contribution in [-0.2, 0) is 9.53 Å². The van der Waals surface area contributed by atoms with Crippen LogP contribution in [0.25, 0.3) is 6.08 Å². The Balaban J connectivity index is 2.58. The van der Waals surface area contributed by atoms with Gasteiger partial charge in [-0.3, -0.25) is 19.8 Å². The van der Waals surface area contributed by atoms with Crippen LogP contribution in [0.1, 0.15) is 37.9 Å². The number of nitro benzene ring substituents is 1. The van der Waals surface area contributed by atoms with Gasteiger partial charge in [0.2, 0.25) is 0 Å². The molecule has 2 rings (SSSR count). The summed E-state index contributed by atoms with van der Waals surface area (Å²) in [7, 11) is 0. The molecule has 2 unspecified atom stereocenters. The number of amides is 1. The molecule has 1 aromatic carbocycles. The van der Waals surface area contributed by atoms with Crippen LogP contribution >= 0.6 is 0 Å². The molecule has 0 aliphatic carbocycles. The van der Waals surface area contributed by atoms with E-state index < -0.39 is 23.0 Å². The van der Waals surface area contributed by atoms with Crippen LogP contribution < -0.4 is 0 Å². The van der Waals surface area contributed by atoms with E-state index in [0.29, 0.717) is 11.1 Å². The first-order valence-electron chi connectivity index (χ1n) is 7.29. The highest BCUT2D eigenvalue weighted by Crippen LogP contribution is 2.39. The topological polar surface area (TPSA) is 89.8 Å². The first-order chi connectivity index (χ1) is 10.9. The number of nitro groups is 1. The number of fused-ring (bicyclic) bond motifs is 1. The van der Waals surface area contributed by atoms with Crippen molar-refractivity contribution in [1.29, 1.82) is 0 Å². The van der Waals surface area contributed by atoms with Gasteiger partial charge >= 0.3 is 6.09 Å². The molecule has 0 saturated carbocycles. The van der Waals surface area contributed by atoms with Gasteiger partial charge in [-0.25, -0.2) is 4.79 Å². The van der Waals surface area contributed by atoms with Gasteiger partial charge in [0, 0.05) is 18.2 Å². The summed E-state index contributed by atoms with van der Waals surface area (Å²) in [5.41, 5.74) is 0.927. The average Bonchev–Trinajstić information content (AvgIpc) is 2.52. The Labute approximate surface area is 133 Å². The highest BCUT2D eigenvalue weighted by molar-refractivity contribution is 5.82. The van der Waals surface area contributed by atoms with Crippen molar-refractivity contribution in [3.8, 4) is 0 Å². The second-order valence-electron chi connectivity index (χ2n) is 5.30. The highest BCUT2D eigenvalue weighted by Gasteiger charge is 2.37. The van der Waals surface area contributed by atoms with Crippen LogP contribution in [0.2, 0.25) is 0 Å². The van der Waals surface area contributed by atoms with Gasteiger partial charge in [0.25, 0.3) is 5.69 Å². The predicted molar refractivity (Wildman–Crippen MR) is 83.6 cm³/mol. The third kappa shape index (κ3) is 3.08. The molecule has 1 amide bonds. The van der Waals surface area contributed by atoms with Gasteiger partial charge in [-0.05, 0) is 25.5 Å². The van der Waals surface area contributed by atoms with Gasteiger partial charge in [0.1, 0.15) is 5.78 Å². The largest absolute Gasteiger partial charge is 0.449 e. The summed E-state index contributed by atoms with van der Waals surface area (Å²) in [5, 5.41) is 11.2. The molecule has 1 aliphatic rings. The van der Waals surface area contributed by atoms with Crippen molar-refractivity contribution >= 4 is 23.6 Å². The summed E-state index contributed by atoms with van der Waals surface area (Å²) in [6.07, 6.45) is 2.37. The van der Waals surface area contributed by atoms with Crippen molar-refractivity contribution in [2.75, 3.05) is 6.61 Å². The van der Waals surface area contributed by atoms with Crippen molar-refractivity contribution in [3.63, 3.8) is 0 Å². The summed E-state index contributed by atoms with van der Waals surface area (Å²) < 4.78 is 5.02. The highest BCUT2D eigenvalue weighted by atomic mass is 16.6. The van der Waals surface area contributed by atoms with Crippen molar-refractivity contribution < 1.29 is 19.2 Å². The molecule has 7 nitrogen and oxygen atoms in total. The molecule has 0 fully saturated rings. The van der Waals surface area contributed by atoms with Crippen LogP contribution in [0.5, 0.6) is 0 Å². The molecule has 23 heavy (non-hydrogen) atoms. The maximum atomic E-state index is 12.2. The number of ketones is 1. The average molecular weight is 318 g/mol. The Bertz CT molecular complexity index is 683. The monoisotopic (exact) mass is 318 g/mol. The molecule has 122 valence electrons. The van der Waals surface area contributed by atoms with E-state index in [0.717, 1.165) is 0 Å². The number of Topliss-reactive ketones (excluding diaryl/α,β-unsaturated/α-hetero) is 1. The second-order valence-corrected chi connectivity index (χ2v) is 5.30. The minimum Gasteiger partial charge on any atom is -0.449 e. The number of benzene rings is 1. The lowest BCUT2D eigenvalue weighted by molar-refractivity contribution is -0.385. The summed E-state index contributed by atoms with van der Waals surface area (Å²) in [6, 6.07) is 4.02. The zero-order chi connectivity index (χ0) is 17.1. The number of hydrogen-bond acceptors (Lipinski definition) is 5. The van der Waals surface area contributed by atoms with Gasteiger partial charge in [0.15, 0.2) is 0 Å². The van der Waals surface area contributed by atoms with Crippen LogP contribution in [0.4, 0.5) is 10.5 Å². The molecule has 1 aliphatic heterocycles. The summed E-state index contributed by atoms with van der Waals surface area (Å²) in [6.45, 7) is 5.02. The van der Waals surface area contributed by atoms with Gasteiger partial charge in [-0.2, -0.15) is 0 Å². The third-order valence-electron chi connectivity index (χ3n) is 3.93. The van der Waals surface area contributed by atoms with E-state index in [9.17, 15) is 19.7 Å². The quantitative estimate of drug-likeness (QED) is 0.627. The molecule has 1 aromatic rings. The van der Waals surface area contributed by atoms with E-state index in [-0.39, 0.29) is 18.1 Å². The van der Waals surface area contributed by atoms with Crippen molar-refractivity contribution in [2.45, 2.75) is 26.8 Å². The summed E-state index contributed by atoms with van der Waals surface area (Å²) in [5.74, 6) is -0.637. The van der Waals surface area contributed by atoms with E-state index in [1.54, 1.807) is 26.0 Å². The Kier molecular flexibility index (Phi) is 4.78. The molecule has 0 aromatic heterocycles. The standard InChI is InChI=1S/C16H18N2O5/c1-4-23-16(20)17-9-8-12-13(15(17)10(2)11(3)19)6-5-7-14(12)18(21)22/h5-10,15H,4H2,1-3H3. The van der Waals surface area contributed by atoms with E-state index in [1.807, 2.05) is 0 Å². The fourth-order valence-electron chi connectivity index (χ4n) is 2.67. The van der Waals surface area contributed by atoms with E-state index >= 15 is 0 Å². The molecule has 1 heterocycles. The lowest BCUT2D eigenvalue weighted by atomic mass is 9.85. The third-order valence-corrected chi connectivity index (χ3v) is 3.93. The maximum absolute atomic E-state index is 12.2. The minimum atomic E-state index is -0.633. The number of nitrogens with zero attached hydrogens (tertiary/aromatic N) is 2. The number of ether oxygens (including phenoxy) is 1. The Hall–Kier alpha value is -2.70. The van der Waals surface area contributed by atoms with Crippen molar-refractivity contribution in [2.24, 2.45) is 5.92 Å². The molecule has 0 saturated heterocycles. The van der Waals surface area contributed by atoms with Gasteiger partial charge in [-0.1, -0.05) is 19.1 Å². The molecule has 0 bridgehead atoms. The first kappa shape index (κ1) is 16.7. The number of rotatable bonds is 4. The molecule has 0 N–H and O–H groups in total. The second kappa shape index (κ2) is 6.60. The molecular weight excluding hydrogens is 300 g/mol. The van der Waals surface area contributed by atoms with Crippen LogP contribution in [0.3, 0.4) is 0 Å². The van der Waals surface area contributed by atoms with E-state index in [4.69, 9.17) is 4.74 Å². The Morgan fingerprint density at radius 3 is 2.70 bits per heavy atom. The molecule has 7 heteroatoms. The molecule has 0 radical (unpaired) electrons. The van der Waals surface area contributed by atoms with Crippen molar-refractivity contribution in [3.05, 3.63) is 45.6 Å². The Morgan fingerprint density at radius 1 is 1.43 bits per heavy atom. The van der Waals surface area contributed by atoms with Crippen LogP contribution in [0.15, 0.2) is 24.4 Å². The van der Waals surface area contributed by atoms with Gasteiger partial charge < -0.3 is 4.74 Å². The van der Waals surface area contributed by atoms with Crippen molar-refractivity contribution in [1.82, 2.24) is 4.90 Å². The fourth-order valence-corrected chi connectivity index (χ4v) is 2.67. The molecule has 2 atom stereocenters. The lowest BCUT2D eigenvalue weighted by Gasteiger charge is -2.35. The number of carbonyl (C=O) groups excluding carboxylic acids is 2. The first-order valence-corrected chi connectivity index (χ1v) is 7.29. The van der Waals surface area contributed by atoms with Crippen LogP contribution in [0, 0.1) is 16.0 Å². The molecule has 0 spiro atoms. The lowest BCUT2D eigenvalue weighted by Crippen LogP contribution is -2.38. The number of carbonyl (C=O) groups is 2. The smallest absolute Gasteiger partial charge is 0.414 e. The van der Waals surface area contributed by atoms with Gasteiger partial charge in [-0.15, -0.1) is 0 Å². The van der Waals surface area contributed by atoms with E-state index in [1.165, 1.54) is 30.2 Å². The van der Waals surface area contributed by atoms with E-state index in [2.05, 4.69) is 0 Å². The van der Waals surface area contributed by atoms with Crippen LogP contribution in [-0.4, -0.2) is 28.3 Å². The maximum Gasteiger partial charge on any atom is 0.414 e. The minimum absolute atomic E-state index is 0.0528. The normalized spacial score (nSPS) is 17.3. The summed E-state index contributed by atoms with van der Waals surface area (Å²) in [4.78, 5) is 36.1.